The Balaban J connectivity index is 1.99. The maximum atomic E-state index is 7.61. The summed E-state index contributed by atoms with van der Waals surface area (Å²) in [6.45, 7) is 2.95. The third kappa shape index (κ3) is 2.48. The zero-order valence-corrected chi connectivity index (χ0v) is 11.8. The van der Waals surface area contributed by atoms with Crippen LogP contribution in [0.15, 0.2) is 59.8 Å². The van der Waals surface area contributed by atoms with E-state index in [0.29, 0.717) is 5.56 Å². The molecule has 0 saturated carbocycles. The van der Waals surface area contributed by atoms with Crippen LogP contribution in [0.25, 0.3) is 10.9 Å². The van der Waals surface area contributed by atoms with Gasteiger partial charge < -0.3 is 4.57 Å². The largest absolute Gasteiger partial charge is 0.343 e. The Labute approximate surface area is 123 Å². The highest BCUT2D eigenvalue weighted by Gasteiger charge is 2.06. The summed E-state index contributed by atoms with van der Waals surface area (Å²) in [5.41, 5.74) is 11.3. The lowest BCUT2D eigenvalue weighted by molar-refractivity contribution is 0.830. The number of hydrogen-bond donors (Lipinski definition) is 2. The second-order valence-electron chi connectivity index (χ2n) is 5.10. The van der Waals surface area contributed by atoms with Crippen LogP contribution in [-0.2, 0) is 6.54 Å². The van der Waals surface area contributed by atoms with Gasteiger partial charge in [0.25, 0.3) is 0 Å². The van der Waals surface area contributed by atoms with Crippen LogP contribution in [0.4, 0.5) is 0 Å². The summed E-state index contributed by atoms with van der Waals surface area (Å²) in [5, 5.41) is 11.8. The van der Waals surface area contributed by atoms with Gasteiger partial charge >= 0.3 is 0 Å². The van der Waals surface area contributed by atoms with Gasteiger partial charge in [0.2, 0.25) is 0 Å². The van der Waals surface area contributed by atoms with Gasteiger partial charge in [-0.3, -0.25) is 5.41 Å². The molecule has 0 aliphatic carbocycles. The molecule has 0 unspecified atom stereocenters. The Bertz CT molecular complexity index is 830. The molecule has 4 heteroatoms. The average Bonchev–Trinajstić information content (AvgIpc) is 2.91. The summed E-state index contributed by atoms with van der Waals surface area (Å²) >= 11 is 0. The molecule has 0 bridgehead atoms. The molecule has 0 amide bonds. The lowest BCUT2D eigenvalue weighted by Gasteiger charge is -2.09. The molecule has 0 spiro atoms. The lowest BCUT2D eigenvalue weighted by atomic mass is 10.1. The standard InChI is InChI=1S/C17H16N4/c1-12-4-2-3-5-15(12)11-21-9-8-13-10-14(17(18)20-19)6-7-16(13)21/h2-10,18-19H,11H2,1H3. The molecule has 104 valence electrons. The molecule has 2 N–H and O–H groups in total. The molecule has 0 aliphatic heterocycles. The van der Waals surface area contributed by atoms with Crippen LogP contribution in [0.5, 0.6) is 0 Å². The van der Waals surface area contributed by atoms with Crippen LogP contribution in [0.3, 0.4) is 0 Å². The van der Waals surface area contributed by atoms with E-state index in [1.807, 2.05) is 24.3 Å². The Morgan fingerprint density at radius 2 is 1.95 bits per heavy atom. The van der Waals surface area contributed by atoms with E-state index in [2.05, 4.69) is 47.1 Å². The number of nitrogens with zero attached hydrogens (tertiary/aromatic N) is 2. The van der Waals surface area contributed by atoms with E-state index >= 15 is 0 Å². The summed E-state index contributed by atoms with van der Waals surface area (Å²) < 4.78 is 2.20. The fourth-order valence-corrected chi connectivity index (χ4v) is 2.52. The van der Waals surface area contributed by atoms with E-state index in [0.717, 1.165) is 17.4 Å². The number of aryl methyl sites for hydroxylation is 1. The highest BCUT2D eigenvalue weighted by atomic mass is 15.0. The van der Waals surface area contributed by atoms with Gasteiger partial charge in [0, 0.05) is 29.2 Å². The van der Waals surface area contributed by atoms with Crippen LogP contribution in [0, 0.1) is 17.9 Å². The molecule has 0 atom stereocenters. The van der Waals surface area contributed by atoms with Gasteiger partial charge in [-0.25, -0.2) is 5.53 Å². The first-order chi connectivity index (χ1) is 10.2. The minimum atomic E-state index is -0.0106. The number of benzene rings is 2. The topological polar surface area (TPSA) is 65.0 Å². The van der Waals surface area contributed by atoms with Crippen molar-refractivity contribution in [3.05, 3.63) is 71.4 Å². The van der Waals surface area contributed by atoms with Crippen molar-refractivity contribution in [1.29, 1.82) is 10.9 Å². The quantitative estimate of drug-likeness (QED) is 0.406. The van der Waals surface area contributed by atoms with E-state index in [9.17, 15) is 0 Å². The van der Waals surface area contributed by atoms with Crippen LogP contribution >= 0.6 is 0 Å². The minimum absolute atomic E-state index is 0.0106. The van der Waals surface area contributed by atoms with E-state index in [1.165, 1.54) is 11.1 Å². The monoisotopic (exact) mass is 276 g/mol. The zero-order valence-electron chi connectivity index (χ0n) is 11.8. The van der Waals surface area contributed by atoms with E-state index < -0.39 is 0 Å². The second kappa shape index (κ2) is 5.32. The number of rotatable bonds is 3. The molecule has 21 heavy (non-hydrogen) atoms. The van der Waals surface area contributed by atoms with Crippen molar-refractivity contribution in [2.45, 2.75) is 13.5 Å². The first-order valence-corrected chi connectivity index (χ1v) is 6.79. The number of amidine groups is 1. The molecule has 0 radical (unpaired) electrons. The molecular formula is C17H16N4. The van der Waals surface area contributed by atoms with Crippen LogP contribution in [-0.4, -0.2) is 10.4 Å². The Kier molecular flexibility index (Phi) is 3.36. The molecule has 3 rings (SSSR count). The summed E-state index contributed by atoms with van der Waals surface area (Å²) in [7, 11) is 0. The Hall–Kier alpha value is -2.75. The molecule has 0 fully saturated rings. The van der Waals surface area contributed by atoms with E-state index in [-0.39, 0.29) is 5.84 Å². The highest BCUT2D eigenvalue weighted by molar-refractivity contribution is 5.99. The van der Waals surface area contributed by atoms with Crippen molar-refractivity contribution in [3.8, 4) is 0 Å². The van der Waals surface area contributed by atoms with Gasteiger partial charge in [-0.05, 0) is 42.3 Å². The number of hydrogen-bond acceptors (Lipinski definition) is 2. The summed E-state index contributed by atoms with van der Waals surface area (Å²) in [5.74, 6) is -0.0106. The summed E-state index contributed by atoms with van der Waals surface area (Å²) in [6, 6.07) is 16.1. The van der Waals surface area contributed by atoms with Crippen molar-refractivity contribution in [3.63, 3.8) is 0 Å². The smallest absolute Gasteiger partial charge is 0.173 e. The molecule has 0 saturated heterocycles. The Morgan fingerprint density at radius 1 is 1.14 bits per heavy atom. The van der Waals surface area contributed by atoms with Gasteiger partial charge in [-0.15, -0.1) is 5.11 Å². The fraction of sp³-hybridized carbons (Fsp3) is 0.118. The number of nitrogens with one attached hydrogen (secondary N) is 2. The van der Waals surface area contributed by atoms with Crippen LogP contribution in [0.2, 0.25) is 0 Å². The van der Waals surface area contributed by atoms with Gasteiger partial charge in [0.1, 0.15) is 0 Å². The molecule has 4 nitrogen and oxygen atoms in total. The third-order valence-corrected chi connectivity index (χ3v) is 3.76. The molecule has 3 aromatic rings. The average molecular weight is 276 g/mol. The molecule has 0 aliphatic rings. The fourth-order valence-electron chi connectivity index (χ4n) is 2.52. The predicted molar refractivity (Wildman–Crippen MR) is 84.2 cm³/mol. The normalized spacial score (nSPS) is 10.7. The van der Waals surface area contributed by atoms with E-state index in [4.69, 9.17) is 10.9 Å². The van der Waals surface area contributed by atoms with Gasteiger partial charge in [-0.2, -0.15) is 0 Å². The Morgan fingerprint density at radius 3 is 2.71 bits per heavy atom. The van der Waals surface area contributed by atoms with Gasteiger partial charge in [0.05, 0.1) is 0 Å². The third-order valence-electron chi connectivity index (χ3n) is 3.76. The van der Waals surface area contributed by atoms with Crippen molar-refractivity contribution >= 4 is 16.7 Å². The predicted octanol–water partition coefficient (Wildman–Crippen LogP) is 4.35. The maximum Gasteiger partial charge on any atom is 0.173 e. The van der Waals surface area contributed by atoms with Crippen molar-refractivity contribution < 1.29 is 0 Å². The summed E-state index contributed by atoms with van der Waals surface area (Å²) in [4.78, 5) is 0. The first kappa shape index (κ1) is 13.2. The molecule has 2 aromatic carbocycles. The number of aromatic nitrogens is 1. The molecule has 1 aromatic heterocycles. The number of fused-ring (bicyclic) bond motifs is 1. The molecule has 1 heterocycles. The maximum absolute atomic E-state index is 7.61. The lowest BCUT2D eigenvalue weighted by Crippen LogP contribution is -2.00. The van der Waals surface area contributed by atoms with Crippen molar-refractivity contribution in [2.75, 3.05) is 0 Å². The van der Waals surface area contributed by atoms with Crippen LogP contribution in [0.1, 0.15) is 16.7 Å². The highest BCUT2D eigenvalue weighted by Crippen LogP contribution is 2.20. The van der Waals surface area contributed by atoms with Crippen LogP contribution < -0.4 is 0 Å². The van der Waals surface area contributed by atoms with Crippen molar-refractivity contribution in [1.82, 2.24) is 4.57 Å². The van der Waals surface area contributed by atoms with Gasteiger partial charge in [-0.1, -0.05) is 24.3 Å². The minimum Gasteiger partial charge on any atom is -0.343 e. The zero-order chi connectivity index (χ0) is 14.8. The SMILES string of the molecule is Cc1ccccc1Cn1ccc2cc(C(=N)N=N)ccc21. The van der Waals surface area contributed by atoms with Crippen molar-refractivity contribution in [2.24, 2.45) is 5.11 Å². The summed E-state index contributed by atoms with van der Waals surface area (Å²) in [6.07, 6.45) is 2.06. The van der Waals surface area contributed by atoms with E-state index in [1.54, 1.807) is 0 Å². The van der Waals surface area contributed by atoms with Gasteiger partial charge in [0.15, 0.2) is 5.84 Å². The molecular weight excluding hydrogens is 260 g/mol. The first-order valence-electron chi connectivity index (χ1n) is 6.79. The second-order valence-corrected chi connectivity index (χ2v) is 5.10.